The molecule has 0 amide bonds. The molecule has 0 aromatic heterocycles. The predicted octanol–water partition coefficient (Wildman–Crippen LogP) is 4.33. The highest BCUT2D eigenvalue weighted by Gasteiger charge is 2.27. The Morgan fingerprint density at radius 1 is 0.800 bits per heavy atom. The van der Waals surface area contributed by atoms with Crippen LogP contribution < -0.4 is 0 Å². The van der Waals surface area contributed by atoms with Crippen molar-refractivity contribution < 1.29 is 36.8 Å². The van der Waals surface area contributed by atoms with E-state index in [-0.39, 0.29) is 45.4 Å². The number of ether oxygens (including phenoxy) is 1. The molecule has 0 aromatic rings. The zero-order valence-electron chi connectivity index (χ0n) is 19.1. The molecule has 0 aliphatic rings. The van der Waals surface area contributed by atoms with Gasteiger partial charge in [-0.1, -0.05) is 6.58 Å². The summed E-state index contributed by atoms with van der Waals surface area (Å²) < 4.78 is 52.1. The summed E-state index contributed by atoms with van der Waals surface area (Å²) in [6.07, 6.45) is 0.960. The molecule has 0 saturated carbocycles. The van der Waals surface area contributed by atoms with Crippen LogP contribution in [0, 0.1) is 0 Å². The Bertz CT molecular complexity index is 545. The molecular formula is C19H39NO8P2. The van der Waals surface area contributed by atoms with E-state index in [1.54, 1.807) is 34.6 Å². The summed E-state index contributed by atoms with van der Waals surface area (Å²) in [6.45, 7) is 14.9. The Morgan fingerprint density at radius 2 is 1.20 bits per heavy atom. The van der Waals surface area contributed by atoms with Gasteiger partial charge in [0.2, 0.25) is 0 Å². The second-order valence-corrected chi connectivity index (χ2v) is 10.8. The molecular weight excluding hydrogens is 432 g/mol. The van der Waals surface area contributed by atoms with E-state index in [0.717, 1.165) is 0 Å². The minimum absolute atomic E-state index is 0.202. The third-order valence-corrected chi connectivity index (χ3v) is 7.99. The highest BCUT2D eigenvalue weighted by atomic mass is 31.2. The molecule has 178 valence electrons. The van der Waals surface area contributed by atoms with Crippen LogP contribution in [0.3, 0.4) is 0 Å². The molecule has 0 aliphatic heterocycles. The van der Waals surface area contributed by atoms with Crippen molar-refractivity contribution in [3.05, 3.63) is 12.2 Å². The number of carbonyl (C=O) groups is 1. The minimum atomic E-state index is -3.20. The Labute approximate surface area is 181 Å². The van der Waals surface area contributed by atoms with E-state index in [9.17, 15) is 13.9 Å². The van der Waals surface area contributed by atoms with Gasteiger partial charge < -0.3 is 27.7 Å². The van der Waals surface area contributed by atoms with Crippen LogP contribution in [0.15, 0.2) is 12.2 Å². The van der Waals surface area contributed by atoms with Gasteiger partial charge in [-0.05, 0) is 41.0 Å². The van der Waals surface area contributed by atoms with Gasteiger partial charge in [0.25, 0.3) is 0 Å². The van der Waals surface area contributed by atoms with Gasteiger partial charge in [0.15, 0.2) is 0 Å². The van der Waals surface area contributed by atoms with Crippen LogP contribution in [-0.4, -0.2) is 75.9 Å². The SMILES string of the molecule is C=C(C)C(=O)OCCCN(CCP(=O)(OCC)OCC)CCP(=O)(OCC)OCC. The van der Waals surface area contributed by atoms with Gasteiger partial charge in [-0.2, -0.15) is 0 Å². The van der Waals surface area contributed by atoms with Crippen LogP contribution in [-0.2, 0) is 36.8 Å². The van der Waals surface area contributed by atoms with Gasteiger partial charge in [-0.15, -0.1) is 0 Å². The zero-order valence-corrected chi connectivity index (χ0v) is 20.9. The van der Waals surface area contributed by atoms with E-state index in [0.29, 0.717) is 31.6 Å². The zero-order chi connectivity index (χ0) is 23.0. The molecule has 9 nitrogen and oxygen atoms in total. The van der Waals surface area contributed by atoms with Crippen LogP contribution in [0.4, 0.5) is 0 Å². The van der Waals surface area contributed by atoms with Gasteiger partial charge in [0.05, 0.1) is 45.4 Å². The summed E-state index contributed by atoms with van der Waals surface area (Å²) in [5.74, 6) is -0.434. The topological polar surface area (TPSA) is 101 Å². The van der Waals surface area contributed by atoms with Crippen LogP contribution in [0.2, 0.25) is 0 Å². The lowest BCUT2D eigenvalue weighted by Gasteiger charge is -2.26. The van der Waals surface area contributed by atoms with Gasteiger partial charge in [-0.3, -0.25) is 9.13 Å². The second-order valence-electron chi connectivity index (χ2n) is 6.45. The first-order chi connectivity index (χ1) is 14.1. The van der Waals surface area contributed by atoms with Gasteiger partial charge in [0, 0.05) is 25.2 Å². The average Bonchev–Trinajstić information content (AvgIpc) is 2.67. The van der Waals surface area contributed by atoms with Crippen LogP contribution in [0.5, 0.6) is 0 Å². The van der Waals surface area contributed by atoms with E-state index in [1.165, 1.54) is 0 Å². The Morgan fingerprint density at radius 3 is 1.53 bits per heavy atom. The maximum atomic E-state index is 12.8. The van der Waals surface area contributed by atoms with Crippen molar-refractivity contribution in [1.29, 1.82) is 0 Å². The van der Waals surface area contributed by atoms with Gasteiger partial charge in [-0.25, -0.2) is 4.79 Å². The first-order valence-electron chi connectivity index (χ1n) is 10.5. The Hall–Kier alpha value is -0.530. The molecule has 0 fully saturated rings. The third-order valence-electron chi connectivity index (χ3n) is 3.88. The fourth-order valence-corrected chi connectivity index (χ4v) is 5.85. The quantitative estimate of drug-likeness (QED) is 0.118. The molecule has 0 N–H and O–H groups in total. The van der Waals surface area contributed by atoms with E-state index >= 15 is 0 Å². The summed E-state index contributed by atoms with van der Waals surface area (Å²) in [5.41, 5.74) is 0.343. The highest BCUT2D eigenvalue weighted by Crippen LogP contribution is 2.49. The van der Waals surface area contributed by atoms with Crippen molar-refractivity contribution >= 4 is 21.2 Å². The standard InChI is InChI=1S/C19H39NO8P2/c1-7-25-29(22,26-8-2)16-13-20(12-11-15-24-19(21)18(5)6)14-17-30(23,27-9-3)28-10-4/h5,7-17H2,1-4,6H3. The molecule has 0 spiro atoms. The number of esters is 1. The smallest absolute Gasteiger partial charge is 0.333 e. The van der Waals surface area contributed by atoms with E-state index in [4.69, 9.17) is 22.8 Å². The monoisotopic (exact) mass is 471 g/mol. The molecule has 0 unspecified atom stereocenters. The van der Waals surface area contributed by atoms with Crippen LogP contribution >= 0.6 is 15.2 Å². The Kier molecular flexibility index (Phi) is 15.9. The summed E-state index contributed by atoms with van der Waals surface area (Å²) in [6, 6.07) is 0. The van der Waals surface area contributed by atoms with Crippen molar-refractivity contribution in [3.63, 3.8) is 0 Å². The van der Waals surface area contributed by atoms with Crippen molar-refractivity contribution in [2.45, 2.75) is 41.0 Å². The van der Waals surface area contributed by atoms with Crippen molar-refractivity contribution in [2.24, 2.45) is 0 Å². The normalized spacial score (nSPS) is 12.3. The number of hydrogen-bond acceptors (Lipinski definition) is 9. The molecule has 0 atom stereocenters. The van der Waals surface area contributed by atoms with Crippen molar-refractivity contribution in [1.82, 2.24) is 4.90 Å². The maximum absolute atomic E-state index is 12.8. The molecule has 0 heterocycles. The largest absolute Gasteiger partial charge is 0.462 e. The molecule has 11 heteroatoms. The molecule has 30 heavy (non-hydrogen) atoms. The van der Waals surface area contributed by atoms with E-state index in [1.807, 2.05) is 4.90 Å². The first-order valence-corrected chi connectivity index (χ1v) is 13.9. The molecule has 0 aromatic carbocycles. The summed E-state index contributed by atoms with van der Waals surface area (Å²) in [5, 5.41) is 0. The van der Waals surface area contributed by atoms with Gasteiger partial charge in [0.1, 0.15) is 0 Å². The molecule has 0 saturated heterocycles. The first kappa shape index (κ1) is 29.5. The van der Waals surface area contributed by atoms with Crippen LogP contribution in [0.25, 0.3) is 0 Å². The lowest BCUT2D eigenvalue weighted by molar-refractivity contribution is -0.139. The summed E-state index contributed by atoms with van der Waals surface area (Å²) in [4.78, 5) is 13.5. The highest BCUT2D eigenvalue weighted by molar-refractivity contribution is 7.54. The molecule has 0 rings (SSSR count). The Balaban J connectivity index is 4.97. The summed E-state index contributed by atoms with van der Waals surface area (Å²) >= 11 is 0. The minimum Gasteiger partial charge on any atom is -0.462 e. The predicted molar refractivity (Wildman–Crippen MR) is 118 cm³/mol. The average molecular weight is 471 g/mol. The second kappa shape index (κ2) is 16.2. The number of nitrogens with zero attached hydrogens (tertiary/aromatic N) is 1. The summed E-state index contributed by atoms with van der Waals surface area (Å²) in [7, 11) is -6.40. The van der Waals surface area contributed by atoms with Crippen molar-refractivity contribution in [2.75, 3.05) is 65.0 Å². The third kappa shape index (κ3) is 13.0. The fourth-order valence-electron chi connectivity index (χ4n) is 2.56. The number of hydrogen-bond donors (Lipinski definition) is 0. The van der Waals surface area contributed by atoms with E-state index in [2.05, 4.69) is 6.58 Å². The molecule has 0 radical (unpaired) electrons. The molecule has 0 aliphatic carbocycles. The van der Waals surface area contributed by atoms with Crippen LogP contribution in [0.1, 0.15) is 41.0 Å². The maximum Gasteiger partial charge on any atom is 0.333 e. The molecule has 0 bridgehead atoms. The van der Waals surface area contributed by atoms with Crippen molar-refractivity contribution in [3.8, 4) is 0 Å². The lowest BCUT2D eigenvalue weighted by Crippen LogP contribution is -2.32. The fraction of sp³-hybridized carbons (Fsp3) is 0.842. The lowest BCUT2D eigenvalue weighted by atomic mass is 10.3. The number of carbonyl (C=O) groups excluding carboxylic acids is 1. The van der Waals surface area contributed by atoms with E-state index < -0.39 is 21.2 Å². The van der Waals surface area contributed by atoms with Gasteiger partial charge >= 0.3 is 21.2 Å². The number of rotatable bonds is 19.